The standard InChI is InChI=1S/C17H27FN2O/c1-3-9-20(13-15-5-4-8-19-11-15)12-14-6-7-17(21-2)16(18)10-14/h6-7,10,15,19H,3-5,8-9,11-13H2,1-2H3. The first-order valence-electron chi connectivity index (χ1n) is 7.98. The molecule has 1 N–H and O–H groups in total. The molecule has 0 radical (unpaired) electrons. The van der Waals surface area contributed by atoms with Gasteiger partial charge in [-0.05, 0) is 62.5 Å². The van der Waals surface area contributed by atoms with E-state index in [2.05, 4.69) is 17.1 Å². The maximum Gasteiger partial charge on any atom is 0.165 e. The summed E-state index contributed by atoms with van der Waals surface area (Å²) >= 11 is 0. The highest BCUT2D eigenvalue weighted by Crippen LogP contribution is 2.20. The van der Waals surface area contributed by atoms with Crippen LogP contribution < -0.4 is 10.1 Å². The van der Waals surface area contributed by atoms with Gasteiger partial charge in [-0.15, -0.1) is 0 Å². The third-order valence-electron chi connectivity index (χ3n) is 4.08. The van der Waals surface area contributed by atoms with E-state index in [1.807, 2.05) is 6.07 Å². The van der Waals surface area contributed by atoms with Crippen LogP contribution in [0.5, 0.6) is 5.75 Å². The summed E-state index contributed by atoms with van der Waals surface area (Å²) in [5.74, 6) is 0.761. The number of methoxy groups -OCH3 is 1. The first kappa shape index (κ1) is 16.2. The van der Waals surface area contributed by atoms with Crippen molar-refractivity contribution in [2.75, 3.05) is 33.3 Å². The van der Waals surface area contributed by atoms with Crippen LogP contribution in [0.3, 0.4) is 0 Å². The number of piperidine rings is 1. The predicted octanol–water partition coefficient (Wildman–Crippen LogP) is 3.05. The highest BCUT2D eigenvalue weighted by Gasteiger charge is 2.17. The zero-order valence-electron chi connectivity index (χ0n) is 13.2. The normalized spacial score (nSPS) is 19.0. The number of ether oxygens (including phenoxy) is 1. The molecule has 21 heavy (non-hydrogen) atoms. The molecule has 1 aliphatic rings. The summed E-state index contributed by atoms with van der Waals surface area (Å²) in [5, 5.41) is 3.47. The molecule has 0 spiro atoms. The van der Waals surface area contributed by atoms with E-state index in [-0.39, 0.29) is 5.82 Å². The first-order chi connectivity index (χ1) is 10.2. The molecule has 0 aliphatic carbocycles. The second-order valence-corrected chi connectivity index (χ2v) is 5.92. The van der Waals surface area contributed by atoms with Crippen molar-refractivity contribution in [3.05, 3.63) is 29.6 Å². The maximum absolute atomic E-state index is 13.8. The fourth-order valence-electron chi connectivity index (χ4n) is 3.06. The van der Waals surface area contributed by atoms with Gasteiger partial charge in [0, 0.05) is 13.1 Å². The van der Waals surface area contributed by atoms with Gasteiger partial charge in [0.1, 0.15) is 0 Å². The lowest BCUT2D eigenvalue weighted by molar-refractivity contribution is 0.201. The molecule has 1 saturated heterocycles. The zero-order valence-corrected chi connectivity index (χ0v) is 13.2. The van der Waals surface area contributed by atoms with Crippen LogP contribution in [0.1, 0.15) is 31.7 Å². The van der Waals surface area contributed by atoms with Gasteiger partial charge in [-0.3, -0.25) is 4.90 Å². The predicted molar refractivity (Wildman–Crippen MR) is 84.1 cm³/mol. The zero-order chi connectivity index (χ0) is 15.1. The number of rotatable bonds is 7. The third kappa shape index (κ3) is 4.97. The molecule has 4 heteroatoms. The molecule has 1 aromatic rings. The summed E-state index contributed by atoms with van der Waals surface area (Å²) in [4.78, 5) is 2.44. The van der Waals surface area contributed by atoms with Crippen molar-refractivity contribution in [3.63, 3.8) is 0 Å². The number of hydrogen-bond donors (Lipinski definition) is 1. The van der Waals surface area contributed by atoms with E-state index in [1.165, 1.54) is 20.0 Å². The summed E-state index contributed by atoms with van der Waals surface area (Å²) in [7, 11) is 1.50. The molecular formula is C17H27FN2O. The average Bonchev–Trinajstić information content (AvgIpc) is 2.49. The molecule has 0 aromatic heterocycles. The van der Waals surface area contributed by atoms with Crippen LogP contribution in [0.15, 0.2) is 18.2 Å². The van der Waals surface area contributed by atoms with Gasteiger partial charge in [0.25, 0.3) is 0 Å². The number of halogens is 1. The second kappa shape index (κ2) is 8.35. The Morgan fingerprint density at radius 3 is 2.90 bits per heavy atom. The van der Waals surface area contributed by atoms with Gasteiger partial charge in [-0.25, -0.2) is 4.39 Å². The Bertz CT molecular complexity index is 433. The summed E-state index contributed by atoms with van der Waals surface area (Å²) in [5.41, 5.74) is 1.02. The maximum atomic E-state index is 13.8. The highest BCUT2D eigenvalue weighted by atomic mass is 19.1. The van der Waals surface area contributed by atoms with Crippen molar-refractivity contribution in [1.29, 1.82) is 0 Å². The van der Waals surface area contributed by atoms with Crippen molar-refractivity contribution in [1.82, 2.24) is 10.2 Å². The third-order valence-corrected chi connectivity index (χ3v) is 4.08. The molecule has 1 fully saturated rings. The monoisotopic (exact) mass is 294 g/mol. The Balaban J connectivity index is 1.96. The summed E-state index contributed by atoms with van der Waals surface area (Å²) in [6, 6.07) is 5.28. The van der Waals surface area contributed by atoms with Crippen LogP contribution in [0.25, 0.3) is 0 Å². The summed E-state index contributed by atoms with van der Waals surface area (Å²) in [6.45, 7) is 7.41. The Labute approximate surface area is 127 Å². The first-order valence-corrected chi connectivity index (χ1v) is 7.98. The van der Waals surface area contributed by atoms with E-state index in [0.717, 1.165) is 44.7 Å². The van der Waals surface area contributed by atoms with Gasteiger partial charge in [-0.1, -0.05) is 13.0 Å². The molecule has 0 saturated carbocycles. The van der Waals surface area contributed by atoms with Crippen LogP contribution in [0.2, 0.25) is 0 Å². The van der Waals surface area contributed by atoms with E-state index in [4.69, 9.17) is 4.74 Å². The van der Waals surface area contributed by atoms with Crippen molar-refractivity contribution in [2.24, 2.45) is 5.92 Å². The number of nitrogens with one attached hydrogen (secondary N) is 1. The number of nitrogens with zero attached hydrogens (tertiary/aromatic N) is 1. The molecule has 1 aliphatic heterocycles. The largest absolute Gasteiger partial charge is 0.494 e. The smallest absolute Gasteiger partial charge is 0.165 e. The molecule has 3 nitrogen and oxygen atoms in total. The molecule has 1 heterocycles. The minimum Gasteiger partial charge on any atom is -0.494 e. The van der Waals surface area contributed by atoms with Crippen molar-refractivity contribution >= 4 is 0 Å². The number of benzene rings is 1. The van der Waals surface area contributed by atoms with Gasteiger partial charge in [0.2, 0.25) is 0 Å². The molecular weight excluding hydrogens is 267 g/mol. The van der Waals surface area contributed by atoms with Gasteiger partial charge in [-0.2, -0.15) is 0 Å². The van der Waals surface area contributed by atoms with E-state index < -0.39 is 0 Å². The lowest BCUT2D eigenvalue weighted by Crippen LogP contribution is -2.38. The lowest BCUT2D eigenvalue weighted by Gasteiger charge is -2.30. The van der Waals surface area contributed by atoms with Crippen LogP contribution in [-0.4, -0.2) is 38.2 Å². The Morgan fingerprint density at radius 1 is 1.43 bits per heavy atom. The van der Waals surface area contributed by atoms with Crippen LogP contribution >= 0.6 is 0 Å². The molecule has 118 valence electrons. The minimum atomic E-state index is -0.272. The van der Waals surface area contributed by atoms with E-state index in [1.54, 1.807) is 12.1 Å². The van der Waals surface area contributed by atoms with Gasteiger partial charge < -0.3 is 10.1 Å². The average molecular weight is 294 g/mol. The van der Waals surface area contributed by atoms with Crippen molar-refractivity contribution in [3.8, 4) is 5.75 Å². The molecule has 0 bridgehead atoms. The molecule has 1 aromatic carbocycles. The van der Waals surface area contributed by atoms with E-state index >= 15 is 0 Å². The topological polar surface area (TPSA) is 24.5 Å². The summed E-state index contributed by atoms with van der Waals surface area (Å²) in [6.07, 6.45) is 3.69. The SMILES string of the molecule is CCCN(Cc1ccc(OC)c(F)c1)CC1CCCNC1. The van der Waals surface area contributed by atoms with Crippen molar-refractivity contribution in [2.45, 2.75) is 32.7 Å². The molecule has 0 amide bonds. The highest BCUT2D eigenvalue weighted by molar-refractivity contribution is 5.29. The summed E-state index contributed by atoms with van der Waals surface area (Å²) < 4.78 is 18.8. The van der Waals surface area contributed by atoms with Gasteiger partial charge in [0.05, 0.1) is 7.11 Å². The van der Waals surface area contributed by atoms with E-state index in [0.29, 0.717) is 11.7 Å². The quantitative estimate of drug-likeness (QED) is 0.836. The fraction of sp³-hybridized carbons (Fsp3) is 0.647. The van der Waals surface area contributed by atoms with Crippen LogP contribution in [-0.2, 0) is 6.54 Å². The lowest BCUT2D eigenvalue weighted by atomic mass is 9.98. The molecule has 2 rings (SSSR count). The Hall–Kier alpha value is -1.13. The van der Waals surface area contributed by atoms with Crippen molar-refractivity contribution < 1.29 is 9.13 Å². The fourth-order valence-corrected chi connectivity index (χ4v) is 3.06. The van der Waals surface area contributed by atoms with Crippen LogP contribution in [0, 0.1) is 11.7 Å². The molecule has 1 unspecified atom stereocenters. The molecule has 1 atom stereocenters. The Kier molecular flexibility index (Phi) is 6.46. The second-order valence-electron chi connectivity index (χ2n) is 5.92. The van der Waals surface area contributed by atoms with Crippen LogP contribution in [0.4, 0.5) is 4.39 Å². The van der Waals surface area contributed by atoms with E-state index in [9.17, 15) is 4.39 Å². The number of hydrogen-bond acceptors (Lipinski definition) is 3. The Morgan fingerprint density at radius 2 is 2.29 bits per heavy atom. The minimum absolute atomic E-state index is 0.272. The van der Waals surface area contributed by atoms with Gasteiger partial charge in [0.15, 0.2) is 11.6 Å². The van der Waals surface area contributed by atoms with Gasteiger partial charge >= 0.3 is 0 Å².